The number of aliphatic carboxylic acids is 1. The van der Waals surface area contributed by atoms with Crippen molar-refractivity contribution in [1.82, 2.24) is 15.5 Å². The van der Waals surface area contributed by atoms with Crippen LogP contribution in [0.3, 0.4) is 0 Å². The molecule has 232 valence electrons. The van der Waals surface area contributed by atoms with Gasteiger partial charge in [-0.1, -0.05) is 0 Å². The minimum Gasteiger partial charge on any atom is -0.480 e. The average molecular weight is 584 g/mol. The fraction of sp³-hybridized carbons (Fsp3) is 0.696. The van der Waals surface area contributed by atoms with Gasteiger partial charge in [0.2, 0.25) is 17.7 Å². The Kier molecular flexibility index (Phi) is 15.3. The quantitative estimate of drug-likeness (QED) is 0.0414. The predicted octanol–water partition coefficient (Wildman–Crippen LogP) is -4.48. The summed E-state index contributed by atoms with van der Waals surface area (Å²) in [7, 11) is 0. The van der Waals surface area contributed by atoms with Crippen LogP contribution in [0.5, 0.6) is 0 Å². The zero-order chi connectivity index (χ0) is 30.9. The van der Waals surface area contributed by atoms with Crippen molar-refractivity contribution in [2.75, 3.05) is 26.2 Å². The van der Waals surface area contributed by atoms with Gasteiger partial charge in [0.05, 0.1) is 6.04 Å². The number of guanidine groups is 3. The zero-order valence-electron chi connectivity index (χ0n) is 23.2. The Morgan fingerprint density at radius 2 is 1.27 bits per heavy atom. The topological polar surface area (TPSA) is 335 Å². The van der Waals surface area contributed by atoms with Crippen molar-refractivity contribution in [3.63, 3.8) is 0 Å². The lowest BCUT2D eigenvalue weighted by Gasteiger charge is -2.30. The number of aliphatic imine (C=N–C) groups is 3. The molecule has 1 fully saturated rings. The number of carbonyl (C=O) groups is 4. The van der Waals surface area contributed by atoms with E-state index in [9.17, 15) is 24.3 Å². The lowest BCUT2D eigenvalue weighted by atomic mass is 10.1. The molecule has 18 nitrogen and oxygen atoms in total. The standard InChI is InChI=1S/C23H45N13O5/c24-13(5-1-9-31-21(25)26)17(37)34-14(6-2-10-32-22(27)28)19(39)36-12-4-8-16(36)18(38)35-15(20(40)41)7-3-11-33-23(29)30/h13-16H,1-12,24H2,(H,34,37)(H,35,38)(H,40,41)(H4,25,26,31)(H4,27,28,32)(H4,29,30,33)/t13-,14-,15-,16-/m0/s1. The second-order valence-electron chi connectivity index (χ2n) is 9.60. The van der Waals surface area contributed by atoms with Gasteiger partial charge in [-0.2, -0.15) is 0 Å². The van der Waals surface area contributed by atoms with Gasteiger partial charge in [0, 0.05) is 26.2 Å². The first-order chi connectivity index (χ1) is 19.3. The van der Waals surface area contributed by atoms with E-state index in [2.05, 4.69) is 25.6 Å². The highest BCUT2D eigenvalue weighted by Crippen LogP contribution is 2.20. The molecule has 0 radical (unpaired) electrons. The van der Waals surface area contributed by atoms with E-state index in [4.69, 9.17) is 40.1 Å². The molecule has 18 heteroatoms. The van der Waals surface area contributed by atoms with E-state index in [0.29, 0.717) is 38.6 Å². The maximum absolute atomic E-state index is 13.6. The fourth-order valence-electron chi connectivity index (χ4n) is 4.22. The van der Waals surface area contributed by atoms with Gasteiger partial charge in [-0.05, 0) is 51.4 Å². The van der Waals surface area contributed by atoms with Crippen molar-refractivity contribution in [1.29, 1.82) is 0 Å². The van der Waals surface area contributed by atoms with Crippen LogP contribution in [0.25, 0.3) is 0 Å². The number of hydrogen-bond donors (Lipinski definition) is 10. The number of nitrogens with zero attached hydrogens (tertiary/aromatic N) is 4. The Bertz CT molecular complexity index is 975. The summed E-state index contributed by atoms with van der Waals surface area (Å²) in [6, 6.07) is -4.04. The maximum Gasteiger partial charge on any atom is 0.326 e. The maximum atomic E-state index is 13.6. The smallest absolute Gasteiger partial charge is 0.326 e. The molecule has 1 heterocycles. The first kappa shape index (κ1) is 34.7. The van der Waals surface area contributed by atoms with Gasteiger partial charge in [0.15, 0.2) is 17.9 Å². The number of likely N-dealkylation sites (tertiary alicyclic amines) is 1. The number of carbonyl (C=O) groups excluding carboxylic acids is 3. The van der Waals surface area contributed by atoms with E-state index in [-0.39, 0.29) is 56.8 Å². The molecule has 0 spiro atoms. The zero-order valence-corrected chi connectivity index (χ0v) is 23.2. The van der Waals surface area contributed by atoms with E-state index in [1.54, 1.807) is 0 Å². The summed E-state index contributed by atoms with van der Waals surface area (Å²) in [5.74, 6) is -3.17. The highest BCUT2D eigenvalue weighted by atomic mass is 16.4. The number of rotatable bonds is 18. The summed E-state index contributed by atoms with van der Waals surface area (Å²) >= 11 is 0. The van der Waals surface area contributed by atoms with Crippen LogP contribution in [0.2, 0.25) is 0 Å². The molecular formula is C23H45N13O5. The van der Waals surface area contributed by atoms with Gasteiger partial charge in [0.1, 0.15) is 18.1 Å². The molecular weight excluding hydrogens is 538 g/mol. The van der Waals surface area contributed by atoms with Crippen LogP contribution in [0, 0.1) is 0 Å². The van der Waals surface area contributed by atoms with Gasteiger partial charge in [0.25, 0.3) is 0 Å². The van der Waals surface area contributed by atoms with Gasteiger partial charge in [-0.3, -0.25) is 29.4 Å². The summed E-state index contributed by atoms with van der Waals surface area (Å²) < 4.78 is 0. The summed E-state index contributed by atoms with van der Waals surface area (Å²) in [5.41, 5.74) is 37.9. The van der Waals surface area contributed by atoms with Crippen LogP contribution in [-0.2, 0) is 19.2 Å². The van der Waals surface area contributed by atoms with E-state index >= 15 is 0 Å². The first-order valence-electron chi connectivity index (χ1n) is 13.4. The van der Waals surface area contributed by atoms with Crippen LogP contribution < -0.4 is 50.8 Å². The van der Waals surface area contributed by atoms with Crippen LogP contribution in [0.15, 0.2) is 15.0 Å². The van der Waals surface area contributed by atoms with E-state index in [0.717, 1.165) is 0 Å². The minimum atomic E-state index is -1.22. The summed E-state index contributed by atoms with van der Waals surface area (Å²) in [5, 5.41) is 14.8. The minimum absolute atomic E-state index is 0.0701. The number of amides is 3. The Balaban J connectivity index is 2.93. The van der Waals surface area contributed by atoms with Gasteiger partial charge in [-0.25, -0.2) is 4.79 Å². The lowest BCUT2D eigenvalue weighted by molar-refractivity contribution is -0.145. The molecule has 0 aliphatic carbocycles. The monoisotopic (exact) mass is 583 g/mol. The van der Waals surface area contributed by atoms with E-state index < -0.39 is 47.9 Å². The van der Waals surface area contributed by atoms with Gasteiger partial charge >= 0.3 is 5.97 Å². The Morgan fingerprint density at radius 3 is 1.76 bits per heavy atom. The second-order valence-corrected chi connectivity index (χ2v) is 9.60. The third-order valence-corrected chi connectivity index (χ3v) is 6.26. The predicted molar refractivity (Wildman–Crippen MR) is 154 cm³/mol. The van der Waals surface area contributed by atoms with E-state index in [1.807, 2.05) is 0 Å². The molecule has 1 saturated heterocycles. The number of carboxylic acid groups (broad SMARTS) is 1. The van der Waals surface area contributed by atoms with Crippen LogP contribution in [0.1, 0.15) is 51.4 Å². The molecule has 0 saturated carbocycles. The van der Waals surface area contributed by atoms with Gasteiger partial charge < -0.3 is 60.8 Å². The lowest BCUT2D eigenvalue weighted by Crippen LogP contribution is -2.56. The molecule has 0 aromatic heterocycles. The molecule has 3 amide bonds. The second kappa shape index (κ2) is 18.1. The Labute approximate surface area is 238 Å². The van der Waals surface area contributed by atoms with Crippen molar-refractivity contribution >= 4 is 41.6 Å². The molecule has 1 aliphatic rings. The van der Waals surface area contributed by atoms with Crippen molar-refractivity contribution in [3.8, 4) is 0 Å². The van der Waals surface area contributed by atoms with Crippen molar-refractivity contribution in [2.45, 2.75) is 75.5 Å². The third kappa shape index (κ3) is 13.5. The molecule has 41 heavy (non-hydrogen) atoms. The Morgan fingerprint density at radius 1 is 0.780 bits per heavy atom. The average Bonchev–Trinajstić information content (AvgIpc) is 3.39. The molecule has 1 aliphatic heterocycles. The molecule has 1 rings (SSSR count). The van der Waals surface area contributed by atoms with Crippen LogP contribution >= 0.6 is 0 Å². The molecule has 0 aromatic rings. The van der Waals surface area contributed by atoms with E-state index in [1.165, 1.54) is 4.90 Å². The molecule has 0 unspecified atom stereocenters. The Hall–Kier alpha value is -4.35. The summed E-state index contributed by atoms with van der Waals surface area (Å²) in [6.07, 6.45) is 2.50. The highest BCUT2D eigenvalue weighted by Gasteiger charge is 2.39. The fourth-order valence-corrected chi connectivity index (χ4v) is 4.22. The number of nitrogens with one attached hydrogen (secondary N) is 2. The van der Waals surface area contributed by atoms with Crippen LogP contribution in [0.4, 0.5) is 0 Å². The highest BCUT2D eigenvalue weighted by molar-refractivity contribution is 5.94. The normalized spacial score (nSPS) is 16.5. The number of carboxylic acids is 1. The molecule has 4 atom stereocenters. The molecule has 0 bridgehead atoms. The molecule has 0 aromatic carbocycles. The number of nitrogens with two attached hydrogens (primary N) is 7. The van der Waals surface area contributed by atoms with Gasteiger partial charge in [-0.15, -0.1) is 0 Å². The largest absolute Gasteiger partial charge is 0.480 e. The summed E-state index contributed by atoms with van der Waals surface area (Å²) in [4.78, 5) is 64.1. The third-order valence-electron chi connectivity index (χ3n) is 6.26. The van der Waals surface area contributed by atoms with Crippen molar-refractivity contribution < 1.29 is 24.3 Å². The first-order valence-corrected chi connectivity index (χ1v) is 13.4. The van der Waals surface area contributed by atoms with Crippen LogP contribution in [-0.4, -0.2) is 102 Å². The van der Waals surface area contributed by atoms with Crippen molar-refractivity contribution in [2.24, 2.45) is 55.1 Å². The summed E-state index contributed by atoms with van der Waals surface area (Å²) in [6.45, 7) is 0.967. The van der Waals surface area contributed by atoms with Crippen molar-refractivity contribution in [3.05, 3.63) is 0 Å². The number of hydrogen-bond acceptors (Lipinski definition) is 8. The SMILES string of the molecule is NC(N)=NCCC[C@H](NC(=O)[C@@H]1CCCN1C(=O)[C@H](CCCN=C(N)N)NC(=O)[C@@H](N)CCCN=C(N)N)C(=O)O. The molecule has 17 N–H and O–H groups in total.